The molecule has 0 fully saturated rings. The molecule has 0 bridgehead atoms. The van der Waals surface area contributed by atoms with E-state index >= 15 is 0 Å². The van der Waals surface area contributed by atoms with Crippen molar-refractivity contribution < 1.29 is 4.42 Å². The van der Waals surface area contributed by atoms with E-state index in [0.29, 0.717) is 0 Å². The smallest absolute Gasteiger partial charge is 0.153 e. The van der Waals surface area contributed by atoms with Crippen molar-refractivity contribution in [3.8, 4) is 11.1 Å². The highest BCUT2D eigenvalue weighted by Gasteiger charge is 2.17. The summed E-state index contributed by atoms with van der Waals surface area (Å²) in [6.07, 6.45) is 1.82. The van der Waals surface area contributed by atoms with Crippen molar-refractivity contribution in [1.29, 1.82) is 0 Å². The van der Waals surface area contributed by atoms with Crippen LogP contribution in [0.2, 0.25) is 0 Å². The Labute approximate surface area is 251 Å². The van der Waals surface area contributed by atoms with Gasteiger partial charge in [0.15, 0.2) is 5.58 Å². The number of nitrogens with zero attached hydrogens (tertiary/aromatic N) is 2. The van der Waals surface area contributed by atoms with E-state index in [0.717, 1.165) is 49.9 Å². The molecule has 9 rings (SSSR count). The molecule has 43 heavy (non-hydrogen) atoms. The molecule has 0 aliphatic heterocycles. The van der Waals surface area contributed by atoms with Crippen LogP contribution in [0.3, 0.4) is 0 Å². The Kier molecular flexibility index (Phi) is 5.37. The van der Waals surface area contributed by atoms with Gasteiger partial charge < -0.3 is 9.32 Å². The number of thiophene rings is 1. The molecule has 3 heterocycles. The number of anilines is 3. The van der Waals surface area contributed by atoms with Crippen molar-refractivity contribution in [1.82, 2.24) is 4.98 Å². The molecule has 0 atom stereocenters. The molecule has 3 nitrogen and oxygen atoms in total. The van der Waals surface area contributed by atoms with E-state index in [-0.39, 0.29) is 0 Å². The molecule has 0 N–H and O–H groups in total. The van der Waals surface area contributed by atoms with Gasteiger partial charge >= 0.3 is 0 Å². The zero-order valence-corrected chi connectivity index (χ0v) is 23.9. The highest BCUT2D eigenvalue weighted by Crippen LogP contribution is 2.42. The van der Waals surface area contributed by atoms with Gasteiger partial charge in [0.25, 0.3) is 0 Å². The van der Waals surface area contributed by atoms with E-state index in [2.05, 4.69) is 137 Å². The third-order valence-electron chi connectivity index (χ3n) is 8.30. The molecule has 0 amide bonds. The van der Waals surface area contributed by atoms with Gasteiger partial charge in [0.05, 0.1) is 0 Å². The fraction of sp³-hybridized carbons (Fsp3) is 0. The van der Waals surface area contributed by atoms with Gasteiger partial charge in [0.1, 0.15) is 11.1 Å². The van der Waals surface area contributed by atoms with Gasteiger partial charge in [-0.05, 0) is 77.2 Å². The fourth-order valence-corrected chi connectivity index (χ4v) is 7.37. The summed E-state index contributed by atoms with van der Waals surface area (Å²) < 4.78 is 8.97. The summed E-state index contributed by atoms with van der Waals surface area (Å²) in [6, 6.07) is 49.7. The number of fused-ring (bicyclic) bond motifs is 8. The molecule has 9 aromatic rings. The highest BCUT2D eigenvalue weighted by molar-refractivity contribution is 7.25. The van der Waals surface area contributed by atoms with Crippen molar-refractivity contribution in [2.45, 2.75) is 0 Å². The maximum absolute atomic E-state index is 6.39. The Morgan fingerprint density at radius 2 is 1.21 bits per heavy atom. The van der Waals surface area contributed by atoms with Gasteiger partial charge in [-0.1, -0.05) is 78.9 Å². The second-order valence-corrected chi connectivity index (χ2v) is 11.9. The van der Waals surface area contributed by atoms with Crippen molar-refractivity contribution in [3.05, 3.63) is 146 Å². The maximum atomic E-state index is 6.39. The summed E-state index contributed by atoms with van der Waals surface area (Å²) in [5, 5.41) is 5.83. The molecule has 0 unspecified atom stereocenters. The topological polar surface area (TPSA) is 29.3 Å². The molecule has 3 aromatic heterocycles. The van der Waals surface area contributed by atoms with Gasteiger partial charge in [-0.3, -0.25) is 4.98 Å². The van der Waals surface area contributed by atoms with Crippen LogP contribution in [0.5, 0.6) is 0 Å². The lowest BCUT2D eigenvalue weighted by molar-refractivity contribution is 0.672. The van der Waals surface area contributed by atoms with Crippen LogP contribution in [-0.4, -0.2) is 4.98 Å². The normalized spacial score (nSPS) is 11.7. The number of aromatic nitrogens is 1. The van der Waals surface area contributed by atoms with Crippen LogP contribution in [0.25, 0.3) is 64.1 Å². The van der Waals surface area contributed by atoms with E-state index in [1.807, 2.05) is 29.7 Å². The van der Waals surface area contributed by atoms with E-state index < -0.39 is 0 Å². The SMILES string of the molecule is c1ccc(-c2ccc(N(c3ccc4c(c3)sc3ccccc34)c3ccc4ccc5c6ncccc6oc5c4c3)cc2)cc1. The summed E-state index contributed by atoms with van der Waals surface area (Å²) >= 11 is 1.84. The van der Waals surface area contributed by atoms with Crippen LogP contribution in [0.4, 0.5) is 17.1 Å². The first-order chi connectivity index (χ1) is 21.3. The first-order valence-corrected chi connectivity index (χ1v) is 15.2. The predicted molar refractivity (Wildman–Crippen MR) is 182 cm³/mol. The van der Waals surface area contributed by atoms with E-state index in [1.54, 1.807) is 0 Å². The first-order valence-electron chi connectivity index (χ1n) is 14.4. The number of pyridine rings is 1. The lowest BCUT2D eigenvalue weighted by Gasteiger charge is -2.26. The van der Waals surface area contributed by atoms with Crippen LogP contribution in [0.15, 0.2) is 150 Å². The van der Waals surface area contributed by atoms with Gasteiger partial charge in [-0.2, -0.15) is 0 Å². The van der Waals surface area contributed by atoms with Gasteiger partial charge in [0.2, 0.25) is 0 Å². The summed E-state index contributed by atoms with van der Waals surface area (Å²) in [5.74, 6) is 0. The zero-order chi connectivity index (χ0) is 28.3. The number of furan rings is 1. The average Bonchev–Trinajstić information content (AvgIpc) is 3.64. The molecule has 0 saturated carbocycles. The second-order valence-electron chi connectivity index (χ2n) is 10.8. The fourth-order valence-electron chi connectivity index (χ4n) is 6.24. The molecule has 0 aliphatic rings. The van der Waals surface area contributed by atoms with Crippen LogP contribution >= 0.6 is 11.3 Å². The van der Waals surface area contributed by atoms with Gasteiger partial charge in [-0.25, -0.2) is 0 Å². The third kappa shape index (κ3) is 3.92. The lowest BCUT2D eigenvalue weighted by Crippen LogP contribution is -2.09. The summed E-state index contributed by atoms with van der Waals surface area (Å²) in [5.41, 5.74) is 8.25. The molecule has 4 heteroatoms. The van der Waals surface area contributed by atoms with Crippen molar-refractivity contribution >= 4 is 81.4 Å². The molecule has 6 aromatic carbocycles. The standard InChI is InChI=1S/C39H24N2OS/c1-2-7-25(8-3-1)26-12-16-28(17-13-26)41(30-19-21-32-31-9-4-5-11-36(31)43-37(32)24-30)29-18-14-27-15-20-33-38-35(10-6-22-40-38)42-39(33)34(27)23-29/h1-24H. The van der Waals surface area contributed by atoms with Crippen LogP contribution in [0.1, 0.15) is 0 Å². The molecular formula is C39H24N2OS. The second kappa shape index (κ2) is 9.55. The first kappa shape index (κ1) is 24.2. The third-order valence-corrected chi connectivity index (χ3v) is 9.44. The van der Waals surface area contributed by atoms with Gasteiger partial charge in [0, 0.05) is 54.2 Å². The van der Waals surface area contributed by atoms with Crippen molar-refractivity contribution in [3.63, 3.8) is 0 Å². The van der Waals surface area contributed by atoms with Crippen molar-refractivity contribution in [2.24, 2.45) is 0 Å². The van der Waals surface area contributed by atoms with E-state index in [1.165, 1.54) is 31.3 Å². The largest absolute Gasteiger partial charge is 0.454 e. The summed E-state index contributed by atoms with van der Waals surface area (Å²) in [4.78, 5) is 6.95. The lowest BCUT2D eigenvalue weighted by atomic mass is 10.0. The molecular weight excluding hydrogens is 545 g/mol. The molecule has 0 radical (unpaired) electrons. The highest BCUT2D eigenvalue weighted by atomic mass is 32.1. The molecule has 0 saturated heterocycles. The van der Waals surface area contributed by atoms with Crippen LogP contribution < -0.4 is 4.90 Å². The summed E-state index contributed by atoms with van der Waals surface area (Å²) in [7, 11) is 0. The number of benzene rings is 6. The molecule has 0 spiro atoms. The number of hydrogen-bond acceptors (Lipinski definition) is 4. The number of rotatable bonds is 4. The van der Waals surface area contributed by atoms with Gasteiger partial charge in [-0.15, -0.1) is 11.3 Å². The Hall–Kier alpha value is -5.45. The van der Waals surface area contributed by atoms with Crippen molar-refractivity contribution in [2.75, 3.05) is 4.90 Å². The van der Waals surface area contributed by atoms with E-state index in [9.17, 15) is 0 Å². The maximum Gasteiger partial charge on any atom is 0.153 e. The molecule has 202 valence electrons. The average molecular weight is 569 g/mol. The van der Waals surface area contributed by atoms with E-state index in [4.69, 9.17) is 4.42 Å². The summed E-state index contributed by atoms with van der Waals surface area (Å²) in [6.45, 7) is 0. The minimum atomic E-state index is 0.805. The zero-order valence-electron chi connectivity index (χ0n) is 23.1. The Bertz CT molecular complexity index is 2460. The van der Waals surface area contributed by atoms with Crippen LogP contribution in [0, 0.1) is 0 Å². The Morgan fingerprint density at radius 3 is 2.12 bits per heavy atom. The minimum absolute atomic E-state index is 0.805. The monoisotopic (exact) mass is 568 g/mol. The number of hydrogen-bond donors (Lipinski definition) is 0. The Morgan fingerprint density at radius 1 is 0.512 bits per heavy atom. The quantitative estimate of drug-likeness (QED) is 0.211. The minimum Gasteiger partial charge on any atom is -0.454 e. The molecule has 0 aliphatic carbocycles. The predicted octanol–water partition coefficient (Wildman–Crippen LogP) is 11.6. The van der Waals surface area contributed by atoms with Crippen LogP contribution in [-0.2, 0) is 0 Å². The Balaban J connectivity index is 1.26.